The third-order valence-electron chi connectivity index (χ3n) is 14.5. The maximum Gasteiger partial charge on any atom is 0.306 e. The Morgan fingerprint density at radius 1 is 0.275 bits per heavy atom. The minimum atomic E-state index is -0.762. The van der Waals surface area contributed by atoms with Crippen LogP contribution in [-0.2, 0) is 28.6 Å². The fourth-order valence-corrected chi connectivity index (χ4v) is 9.81. The van der Waals surface area contributed by atoms with Gasteiger partial charge in [0.1, 0.15) is 13.2 Å². The predicted molar refractivity (Wildman–Crippen MR) is 298 cm³/mol. The molecule has 0 aromatic heterocycles. The molecule has 0 heterocycles. The highest BCUT2D eigenvalue weighted by Crippen LogP contribution is 2.19. The van der Waals surface area contributed by atoms with Gasteiger partial charge in [-0.25, -0.2) is 0 Å². The predicted octanol–water partition coefficient (Wildman–Crippen LogP) is 21.0. The van der Waals surface area contributed by atoms with Crippen molar-refractivity contribution < 1.29 is 28.6 Å². The van der Waals surface area contributed by atoms with E-state index >= 15 is 0 Å². The standard InChI is InChI=1S/C63H122O6/c1-5-7-9-11-13-15-17-19-20-21-25-28-31-35-39-43-47-51-55-62(65)68-58-60(57-67-61(64)54-50-46-42-38-34-18-16-14-12-10-8-6-2)69-63(66)56-52-48-44-40-36-32-29-26-23-22-24-27-30-33-37-41-45-49-53-59(3)4/h59-60H,5-58H2,1-4H3/t60-/m0/s1. The van der Waals surface area contributed by atoms with Crippen LogP contribution in [0, 0.1) is 5.92 Å². The van der Waals surface area contributed by atoms with Crippen molar-refractivity contribution in [3.63, 3.8) is 0 Å². The normalized spacial score (nSPS) is 12.0. The van der Waals surface area contributed by atoms with Crippen molar-refractivity contribution in [1.29, 1.82) is 0 Å². The molecule has 1 atom stereocenters. The summed E-state index contributed by atoms with van der Waals surface area (Å²) in [7, 11) is 0. The molecule has 69 heavy (non-hydrogen) atoms. The van der Waals surface area contributed by atoms with Crippen LogP contribution in [0.15, 0.2) is 0 Å². The molecule has 0 aliphatic carbocycles. The maximum atomic E-state index is 12.9. The maximum absolute atomic E-state index is 12.9. The second-order valence-electron chi connectivity index (χ2n) is 22.2. The van der Waals surface area contributed by atoms with E-state index in [2.05, 4.69) is 27.7 Å². The van der Waals surface area contributed by atoms with Crippen LogP contribution in [0.5, 0.6) is 0 Å². The summed E-state index contributed by atoms with van der Waals surface area (Å²) in [4.78, 5) is 38.2. The highest BCUT2D eigenvalue weighted by Gasteiger charge is 2.19. The lowest BCUT2D eigenvalue weighted by Crippen LogP contribution is -2.30. The van der Waals surface area contributed by atoms with Gasteiger partial charge in [0.25, 0.3) is 0 Å². The molecule has 0 fully saturated rings. The van der Waals surface area contributed by atoms with Crippen molar-refractivity contribution in [3.8, 4) is 0 Å². The molecular weight excluding hydrogens is 853 g/mol. The van der Waals surface area contributed by atoms with E-state index in [0.29, 0.717) is 19.3 Å². The van der Waals surface area contributed by atoms with Crippen molar-refractivity contribution in [2.24, 2.45) is 5.92 Å². The number of esters is 3. The van der Waals surface area contributed by atoms with Crippen LogP contribution in [0.4, 0.5) is 0 Å². The van der Waals surface area contributed by atoms with Crippen LogP contribution in [-0.4, -0.2) is 37.2 Å². The Balaban J connectivity index is 4.24. The first kappa shape index (κ1) is 67.4. The van der Waals surface area contributed by atoms with E-state index in [1.54, 1.807) is 0 Å². The summed E-state index contributed by atoms with van der Waals surface area (Å²) in [5, 5.41) is 0. The lowest BCUT2D eigenvalue weighted by Gasteiger charge is -2.18. The second kappa shape index (κ2) is 57.3. The summed E-state index contributed by atoms with van der Waals surface area (Å²) in [5.41, 5.74) is 0. The molecule has 0 rings (SSSR count). The molecule has 0 spiro atoms. The van der Waals surface area contributed by atoms with Gasteiger partial charge in [-0.1, -0.05) is 323 Å². The number of carbonyl (C=O) groups is 3. The summed E-state index contributed by atoms with van der Waals surface area (Å²) in [6, 6.07) is 0. The fraction of sp³-hybridized carbons (Fsp3) is 0.952. The summed E-state index contributed by atoms with van der Waals surface area (Å²) < 4.78 is 16.9. The zero-order valence-corrected chi connectivity index (χ0v) is 47.3. The first-order chi connectivity index (χ1) is 33.9. The van der Waals surface area contributed by atoms with Crippen molar-refractivity contribution in [1.82, 2.24) is 0 Å². The largest absolute Gasteiger partial charge is 0.462 e. The minimum Gasteiger partial charge on any atom is -0.462 e. The molecule has 0 unspecified atom stereocenters. The average Bonchev–Trinajstić information content (AvgIpc) is 3.34. The second-order valence-corrected chi connectivity index (χ2v) is 22.2. The minimum absolute atomic E-state index is 0.0612. The van der Waals surface area contributed by atoms with E-state index in [4.69, 9.17) is 14.2 Å². The van der Waals surface area contributed by atoms with Crippen LogP contribution >= 0.6 is 0 Å². The third kappa shape index (κ3) is 57.2. The SMILES string of the molecule is CCCCCCCCCCCCCCCCCCCCC(=O)OC[C@H](COC(=O)CCCCCCCCCCCCCC)OC(=O)CCCCCCCCCCCCCCCCCCCCC(C)C. The number of unbranched alkanes of at least 4 members (excludes halogenated alkanes) is 45. The van der Waals surface area contributed by atoms with Gasteiger partial charge in [0, 0.05) is 19.3 Å². The van der Waals surface area contributed by atoms with Crippen molar-refractivity contribution in [2.45, 2.75) is 368 Å². The highest BCUT2D eigenvalue weighted by molar-refractivity contribution is 5.71. The summed E-state index contributed by atoms with van der Waals surface area (Å²) in [5.74, 6) is 0.0286. The molecule has 0 radical (unpaired) electrons. The Morgan fingerprint density at radius 3 is 0.710 bits per heavy atom. The van der Waals surface area contributed by atoms with Gasteiger partial charge in [-0.3, -0.25) is 14.4 Å². The van der Waals surface area contributed by atoms with E-state index < -0.39 is 6.10 Å². The Labute approximate surface area is 431 Å². The molecule has 0 bridgehead atoms. The third-order valence-corrected chi connectivity index (χ3v) is 14.5. The van der Waals surface area contributed by atoms with E-state index in [-0.39, 0.29) is 31.1 Å². The van der Waals surface area contributed by atoms with Gasteiger partial charge in [0.2, 0.25) is 0 Å². The highest BCUT2D eigenvalue weighted by atomic mass is 16.6. The summed E-state index contributed by atoms with van der Waals surface area (Å²) in [6.07, 6.45) is 63.9. The first-order valence-electron chi connectivity index (χ1n) is 31.4. The molecule has 6 heteroatoms. The first-order valence-corrected chi connectivity index (χ1v) is 31.4. The van der Waals surface area contributed by atoms with Crippen LogP contribution in [0.25, 0.3) is 0 Å². The van der Waals surface area contributed by atoms with Gasteiger partial charge in [-0.15, -0.1) is 0 Å². The van der Waals surface area contributed by atoms with Crippen LogP contribution in [0.2, 0.25) is 0 Å². The molecule has 0 N–H and O–H groups in total. The lowest BCUT2D eigenvalue weighted by atomic mass is 10.0. The van der Waals surface area contributed by atoms with Crippen LogP contribution in [0.3, 0.4) is 0 Å². The number of hydrogen-bond donors (Lipinski definition) is 0. The monoisotopic (exact) mass is 975 g/mol. The van der Waals surface area contributed by atoms with Crippen molar-refractivity contribution in [3.05, 3.63) is 0 Å². The molecule has 0 saturated heterocycles. The molecule has 0 aromatic rings. The van der Waals surface area contributed by atoms with E-state index in [1.165, 1.54) is 257 Å². The van der Waals surface area contributed by atoms with Gasteiger partial charge in [-0.05, 0) is 25.2 Å². The molecule has 0 aliphatic rings. The molecule has 6 nitrogen and oxygen atoms in total. The molecule has 0 saturated carbocycles. The van der Waals surface area contributed by atoms with E-state index in [1.807, 2.05) is 0 Å². The number of carbonyl (C=O) groups excluding carboxylic acids is 3. The van der Waals surface area contributed by atoms with E-state index in [9.17, 15) is 14.4 Å². The molecule has 0 aromatic carbocycles. The Kier molecular flexibility index (Phi) is 56.0. The zero-order chi connectivity index (χ0) is 50.2. The fourth-order valence-electron chi connectivity index (χ4n) is 9.81. The molecular formula is C63H122O6. The lowest BCUT2D eigenvalue weighted by molar-refractivity contribution is -0.167. The zero-order valence-electron chi connectivity index (χ0n) is 47.3. The van der Waals surface area contributed by atoms with Gasteiger partial charge < -0.3 is 14.2 Å². The van der Waals surface area contributed by atoms with Crippen molar-refractivity contribution >= 4 is 17.9 Å². The molecule has 0 aliphatic heterocycles. The Morgan fingerprint density at radius 2 is 0.478 bits per heavy atom. The van der Waals surface area contributed by atoms with Gasteiger partial charge in [0.15, 0.2) is 6.10 Å². The van der Waals surface area contributed by atoms with Crippen LogP contribution < -0.4 is 0 Å². The van der Waals surface area contributed by atoms with E-state index in [0.717, 1.165) is 63.7 Å². The van der Waals surface area contributed by atoms with Gasteiger partial charge >= 0.3 is 17.9 Å². The average molecular weight is 976 g/mol. The van der Waals surface area contributed by atoms with Crippen molar-refractivity contribution in [2.75, 3.05) is 13.2 Å². The van der Waals surface area contributed by atoms with Gasteiger partial charge in [0.05, 0.1) is 0 Å². The number of rotatable bonds is 58. The van der Waals surface area contributed by atoms with Crippen LogP contribution in [0.1, 0.15) is 362 Å². The quantitative estimate of drug-likeness (QED) is 0.0343. The topological polar surface area (TPSA) is 78.9 Å². The Bertz CT molecular complexity index is 1040. The Hall–Kier alpha value is -1.59. The molecule has 410 valence electrons. The summed E-state index contributed by atoms with van der Waals surface area (Å²) >= 11 is 0. The number of ether oxygens (including phenoxy) is 3. The smallest absolute Gasteiger partial charge is 0.306 e. The molecule has 0 amide bonds. The summed E-state index contributed by atoms with van der Waals surface area (Å²) in [6.45, 7) is 9.09. The number of hydrogen-bond acceptors (Lipinski definition) is 6. The van der Waals surface area contributed by atoms with Gasteiger partial charge in [-0.2, -0.15) is 0 Å².